The zero-order valence-electron chi connectivity index (χ0n) is 19.8. The molecule has 1 aliphatic rings. The van der Waals surface area contributed by atoms with E-state index < -0.39 is 14.9 Å². The van der Waals surface area contributed by atoms with E-state index in [4.69, 9.17) is 0 Å². The molecule has 0 aliphatic carbocycles. The molecule has 0 aromatic heterocycles. The maximum absolute atomic E-state index is 13.2. The van der Waals surface area contributed by atoms with Crippen LogP contribution in [0.1, 0.15) is 77.7 Å². The molecule has 10 heteroatoms. The normalized spacial score (nSPS) is 18.3. The molecular formula is C23H36N4O4S2. The number of carbonyl (C=O) groups is 2. The van der Waals surface area contributed by atoms with E-state index in [2.05, 4.69) is 15.1 Å². The van der Waals surface area contributed by atoms with Gasteiger partial charge in [0.1, 0.15) is 0 Å². The van der Waals surface area contributed by atoms with Crippen molar-refractivity contribution in [3.05, 3.63) is 35.9 Å². The smallest absolute Gasteiger partial charge is 0.244 e. The highest BCUT2D eigenvalue weighted by Crippen LogP contribution is 2.45. The molecule has 0 saturated carbocycles. The van der Waals surface area contributed by atoms with Crippen molar-refractivity contribution in [2.45, 2.75) is 77.0 Å². The number of carbonyl (C=O) groups excluding carboxylic acids is 2. The van der Waals surface area contributed by atoms with Gasteiger partial charge in [-0.2, -0.15) is 0 Å². The second kappa shape index (κ2) is 13.1. The van der Waals surface area contributed by atoms with Gasteiger partial charge >= 0.3 is 0 Å². The van der Waals surface area contributed by atoms with Crippen LogP contribution in [0.3, 0.4) is 0 Å². The van der Waals surface area contributed by atoms with Crippen LogP contribution in [0.2, 0.25) is 0 Å². The average molecular weight is 497 g/mol. The van der Waals surface area contributed by atoms with Crippen LogP contribution in [0.5, 0.6) is 0 Å². The lowest BCUT2D eigenvalue weighted by Crippen LogP contribution is -2.49. The number of hydrazone groups is 1. The Hall–Kier alpha value is -1.91. The minimum Gasteiger partial charge on any atom is -0.304 e. The number of sulfonamides is 1. The number of thioether (sulfide) groups is 1. The topological polar surface area (TPSA) is 108 Å². The summed E-state index contributed by atoms with van der Waals surface area (Å²) in [6.45, 7) is 5.89. The fourth-order valence-electron chi connectivity index (χ4n) is 3.36. The van der Waals surface area contributed by atoms with Crippen LogP contribution in [-0.2, 0) is 24.5 Å². The Balaban J connectivity index is 2.40. The summed E-state index contributed by atoms with van der Waals surface area (Å²) in [5.41, 5.74) is 0.736. The summed E-state index contributed by atoms with van der Waals surface area (Å²) in [4.78, 5) is 24.5. The molecule has 0 saturated heterocycles. The number of benzene rings is 1. The molecule has 33 heavy (non-hydrogen) atoms. The SMILES string of the molecule is CCCCC(=O)NC1=NN(C(=O)CCCC)C(CNS(=O)(=O)CCCC)(c2ccccc2)S1. The lowest BCUT2D eigenvalue weighted by Gasteiger charge is -2.35. The molecule has 0 fully saturated rings. The van der Waals surface area contributed by atoms with Gasteiger partial charge in [-0.15, -0.1) is 5.10 Å². The standard InChI is InChI=1S/C23H36N4O4S2/c1-4-7-15-20(28)25-22-26-27(21(29)16-8-5-2)23(32-22,19-13-11-10-12-14-19)18-24-33(30,31)17-9-6-3/h10-14,24H,4-9,15-18H2,1-3H3,(H,25,26,28). The molecular weight excluding hydrogens is 460 g/mol. The van der Waals surface area contributed by atoms with Crippen LogP contribution in [0.4, 0.5) is 0 Å². The van der Waals surface area contributed by atoms with E-state index in [1.807, 2.05) is 51.1 Å². The van der Waals surface area contributed by atoms with Crippen molar-refractivity contribution in [3.8, 4) is 0 Å². The Bertz CT molecular complexity index is 922. The Morgan fingerprint density at radius 2 is 1.64 bits per heavy atom. The number of nitrogens with zero attached hydrogens (tertiary/aromatic N) is 2. The first-order valence-electron chi connectivity index (χ1n) is 11.7. The zero-order valence-corrected chi connectivity index (χ0v) is 21.4. The van der Waals surface area contributed by atoms with Gasteiger partial charge in [-0.05, 0) is 36.6 Å². The Labute approximate surface area is 202 Å². The number of hydrogen-bond donors (Lipinski definition) is 2. The molecule has 1 unspecified atom stereocenters. The summed E-state index contributed by atoms with van der Waals surface area (Å²) in [7, 11) is -3.54. The van der Waals surface area contributed by atoms with Gasteiger partial charge in [0.05, 0.1) is 12.3 Å². The molecule has 1 atom stereocenters. The van der Waals surface area contributed by atoms with E-state index >= 15 is 0 Å². The van der Waals surface area contributed by atoms with E-state index in [-0.39, 0.29) is 30.5 Å². The maximum atomic E-state index is 13.2. The quantitative estimate of drug-likeness (QED) is 0.431. The van der Waals surface area contributed by atoms with Crippen molar-refractivity contribution >= 4 is 38.8 Å². The third-order valence-electron chi connectivity index (χ3n) is 5.31. The summed E-state index contributed by atoms with van der Waals surface area (Å²) < 4.78 is 27.9. The van der Waals surface area contributed by atoms with Crippen molar-refractivity contribution < 1.29 is 18.0 Å². The van der Waals surface area contributed by atoms with Crippen molar-refractivity contribution in [2.75, 3.05) is 12.3 Å². The molecule has 2 rings (SSSR count). The second-order valence-corrected chi connectivity index (χ2v) is 11.3. The van der Waals surface area contributed by atoms with Crippen molar-refractivity contribution in [1.29, 1.82) is 0 Å². The fraction of sp³-hybridized carbons (Fsp3) is 0.609. The van der Waals surface area contributed by atoms with Crippen LogP contribution in [0.25, 0.3) is 0 Å². The first-order chi connectivity index (χ1) is 15.8. The number of amidine groups is 1. The van der Waals surface area contributed by atoms with Crippen LogP contribution >= 0.6 is 11.8 Å². The number of hydrogen-bond acceptors (Lipinski definition) is 6. The van der Waals surface area contributed by atoms with Gasteiger partial charge in [-0.3, -0.25) is 9.59 Å². The first kappa shape index (κ1) is 27.3. The van der Waals surface area contributed by atoms with Crippen LogP contribution in [0, 0.1) is 0 Å². The van der Waals surface area contributed by atoms with Crippen molar-refractivity contribution in [2.24, 2.45) is 5.10 Å². The maximum Gasteiger partial charge on any atom is 0.244 e. The molecule has 2 amide bonds. The summed E-state index contributed by atoms with van der Waals surface area (Å²) in [6, 6.07) is 9.25. The first-order valence-corrected chi connectivity index (χ1v) is 14.2. The highest BCUT2D eigenvalue weighted by Gasteiger charge is 2.49. The Kier molecular flexibility index (Phi) is 10.9. The van der Waals surface area contributed by atoms with E-state index in [1.165, 1.54) is 16.8 Å². The van der Waals surface area contributed by atoms with Crippen LogP contribution in [0.15, 0.2) is 35.4 Å². The minimum absolute atomic E-state index is 0.0181. The lowest BCUT2D eigenvalue weighted by molar-refractivity contribution is -0.134. The van der Waals surface area contributed by atoms with E-state index in [0.29, 0.717) is 24.4 Å². The molecule has 0 bridgehead atoms. The van der Waals surface area contributed by atoms with E-state index in [0.717, 1.165) is 31.2 Å². The molecule has 2 N–H and O–H groups in total. The molecule has 0 radical (unpaired) electrons. The number of nitrogens with one attached hydrogen (secondary N) is 2. The fourth-order valence-corrected chi connectivity index (χ4v) is 5.93. The zero-order chi connectivity index (χ0) is 24.3. The highest BCUT2D eigenvalue weighted by atomic mass is 32.2. The highest BCUT2D eigenvalue weighted by molar-refractivity contribution is 8.14. The number of amides is 2. The van der Waals surface area contributed by atoms with E-state index in [9.17, 15) is 18.0 Å². The van der Waals surface area contributed by atoms with Gasteiger partial charge < -0.3 is 5.32 Å². The van der Waals surface area contributed by atoms with Gasteiger partial charge in [-0.1, -0.05) is 70.4 Å². The molecule has 1 heterocycles. The number of unbranched alkanes of at least 4 members (excludes halogenated alkanes) is 3. The Morgan fingerprint density at radius 1 is 1.00 bits per heavy atom. The third-order valence-corrected chi connectivity index (χ3v) is 7.98. The second-order valence-electron chi connectivity index (χ2n) is 8.11. The number of rotatable bonds is 13. The van der Waals surface area contributed by atoms with Gasteiger partial charge in [0, 0.05) is 12.8 Å². The van der Waals surface area contributed by atoms with Crippen LogP contribution < -0.4 is 10.0 Å². The molecule has 0 spiro atoms. The largest absolute Gasteiger partial charge is 0.304 e. The van der Waals surface area contributed by atoms with Crippen molar-refractivity contribution in [3.63, 3.8) is 0 Å². The molecule has 1 aromatic carbocycles. The van der Waals surface area contributed by atoms with E-state index in [1.54, 1.807) is 0 Å². The van der Waals surface area contributed by atoms with Gasteiger partial charge in [0.25, 0.3) is 0 Å². The monoisotopic (exact) mass is 496 g/mol. The summed E-state index contributed by atoms with van der Waals surface area (Å²) in [5.74, 6) is -0.361. The molecule has 184 valence electrons. The summed E-state index contributed by atoms with van der Waals surface area (Å²) in [6.07, 6.45) is 5.15. The molecule has 1 aromatic rings. The summed E-state index contributed by atoms with van der Waals surface area (Å²) in [5, 5.41) is 8.96. The van der Waals surface area contributed by atoms with Gasteiger partial charge in [0.15, 0.2) is 10.0 Å². The Morgan fingerprint density at radius 3 is 2.27 bits per heavy atom. The van der Waals surface area contributed by atoms with Crippen molar-refractivity contribution in [1.82, 2.24) is 15.0 Å². The molecule has 8 nitrogen and oxygen atoms in total. The van der Waals surface area contributed by atoms with Gasteiger partial charge in [0.2, 0.25) is 21.8 Å². The van der Waals surface area contributed by atoms with Crippen LogP contribution in [-0.4, -0.2) is 42.7 Å². The minimum atomic E-state index is -3.54. The lowest BCUT2D eigenvalue weighted by atomic mass is 10.1. The predicted octanol–water partition coefficient (Wildman–Crippen LogP) is 3.90. The summed E-state index contributed by atoms with van der Waals surface area (Å²) >= 11 is 1.20. The average Bonchev–Trinajstić information content (AvgIpc) is 3.18. The predicted molar refractivity (Wildman–Crippen MR) is 134 cm³/mol. The third kappa shape index (κ3) is 7.82. The molecule has 1 aliphatic heterocycles. The van der Waals surface area contributed by atoms with Gasteiger partial charge in [-0.25, -0.2) is 18.1 Å².